The zero-order chi connectivity index (χ0) is 2.00. The first-order valence-corrected chi connectivity index (χ1v) is 0.316. The Morgan fingerprint density at radius 2 is 0.714 bits per heavy atom. The molecule has 0 saturated carbocycles. The van der Waals surface area contributed by atoms with Gasteiger partial charge in [0.25, 0.3) is 0 Å². The topological polar surface area (TPSA) is 20.2 Å². The molecule has 0 bridgehead atoms. The Kier molecular flexibility index (Phi) is 941000. The molecule has 0 radical (unpaired) electrons. The Morgan fingerprint density at radius 3 is 0.714 bits per heavy atom. The first-order valence-electron chi connectivity index (χ1n) is 0.316. The van der Waals surface area contributed by atoms with Crippen LogP contribution in [0.1, 0.15) is 29.7 Å². The SMILES string of the molecule is C.C.C.C.[CH2-]O.[Rf]. The van der Waals surface area contributed by atoms with Gasteiger partial charge in [0.2, 0.25) is 0 Å². The van der Waals surface area contributed by atoms with E-state index in [1.807, 2.05) is 0 Å². The summed E-state index contributed by atoms with van der Waals surface area (Å²) >= 11 is 0. The number of hydrogen-bond donors (Lipinski definition) is 1. The van der Waals surface area contributed by atoms with Gasteiger partial charge in [0.15, 0.2) is 0 Å². The third-order valence-corrected chi connectivity index (χ3v) is 0. The minimum atomic E-state index is 0. The summed E-state index contributed by atoms with van der Waals surface area (Å²) in [6.07, 6.45) is 0. The van der Waals surface area contributed by atoms with Crippen LogP contribution in [0.2, 0.25) is 0 Å². The quantitative estimate of drug-likeness (QED) is 0.657. The van der Waals surface area contributed by atoms with Crippen LogP contribution in [0.5, 0.6) is 0 Å². The second-order valence-corrected chi connectivity index (χ2v) is 0. The fraction of sp³-hybridized carbons (Fsp3) is 0.800. The van der Waals surface area contributed by atoms with Gasteiger partial charge in [-0.15, -0.1) is 0 Å². The molecule has 0 aliphatic heterocycles. The largest absolute Gasteiger partial charge is 0.569 e. The fourth-order valence-electron chi connectivity index (χ4n) is 0. The van der Waals surface area contributed by atoms with Crippen LogP contribution in [0.25, 0.3) is 0 Å². The molecule has 0 atom stereocenters. The standard InChI is InChI=1S/CH3O.4CH4.Rf/c1-2;;;;;/h2H,1H2;4*1H4;/q-1;;;;;. The summed E-state index contributed by atoms with van der Waals surface area (Å²) in [6, 6.07) is 0. The van der Waals surface area contributed by atoms with Crippen LogP contribution in [0.15, 0.2) is 0 Å². The molecule has 0 spiro atoms. The van der Waals surface area contributed by atoms with Crippen LogP contribution in [-0.2, 0) is 0 Å². The molecule has 0 heterocycles. The summed E-state index contributed by atoms with van der Waals surface area (Å²) in [4.78, 5) is 0. The zero-order valence-corrected chi connectivity index (χ0v) is 8.26. The van der Waals surface area contributed by atoms with Crippen LogP contribution in [-0.4, -0.2) is 5.11 Å². The van der Waals surface area contributed by atoms with Gasteiger partial charge in [-0.25, -0.2) is 7.11 Å². The van der Waals surface area contributed by atoms with Crippen molar-refractivity contribution in [1.82, 2.24) is 0 Å². The minimum Gasteiger partial charge on any atom is -0.569 e. The Morgan fingerprint density at radius 1 is 0.714 bits per heavy atom. The Labute approximate surface area is 43.0 Å². The molecular formula is C5H19ORf-. The number of aliphatic hydroxyl groups excluding tert-OH is 1. The third kappa shape index (κ3) is 40.2. The fourth-order valence-corrected chi connectivity index (χ4v) is 0. The number of rotatable bonds is 0. The molecule has 1 N–H and O–H groups in total. The minimum absolute atomic E-state index is 0. The van der Waals surface area contributed by atoms with E-state index in [-0.39, 0.29) is 29.7 Å². The summed E-state index contributed by atoms with van der Waals surface area (Å²) in [5.74, 6) is 0. The molecule has 48 valence electrons. The van der Waals surface area contributed by atoms with E-state index in [9.17, 15) is 0 Å². The molecule has 0 aromatic rings. The molecule has 0 saturated heterocycles. The molecule has 0 aromatic carbocycles. The van der Waals surface area contributed by atoms with Crippen molar-refractivity contribution in [2.75, 3.05) is 0 Å². The second-order valence-electron chi connectivity index (χ2n) is 0. The van der Waals surface area contributed by atoms with Crippen molar-refractivity contribution < 1.29 is 5.11 Å². The van der Waals surface area contributed by atoms with E-state index >= 15 is 0 Å². The maximum atomic E-state index is 6.75. The molecular weight excluding hydrogens is 343 g/mol. The van der Waals surface area contributed by atoms with E-state index < -0.39 is 0 Å². The van der Waals surface area contributed by atoms with E-state index in [4.69, 9.17) is 5.11 Å². The van der Waals surface area contributed by atoms with Crippen LogP contribution in [0, 0.1) is 7.11 Å². The zero-order valence-electron chi connectivity index (χ0n) is 1.86. The maximum Gasteiger partial charge on any atom is 0 e. The van der Waals surface area contributed by atoms with Gasteiger partial charge in [-0.3, -0.25) is 0 Å². The molecule has 0 amide bonds. The first-order chi connectivity index (χ1) is 1.00. The van der Waals surface area contributed by atoms with Gasteiger partial charge >= 0.3 is 0 Å². The molecule has 0 unspecified atom stereocenters. The second kappa shape index (κ2) is 71.9. The summed E-state index contributed by atoms with van der Waals surface area (Å²) in [5.41, 5.74) is 0. The van der Waals surface area contributed by atoms with Crippen molar-refractivity contribution in [2.45, 2.75) is 29.7 Å². The van der Waals surface area contributed by atoms with Gasteiger partial charge < -0.3 is 5.11 Å². The Hall–Kier alpha value is -1.04. The van der Waals surface area contributed by atoms with Gasteiger partial charge in [0.05, 0.1) is 0 Å². The molecule has 0 aliphatic rings. The summed E-state index contributed by atoms with van der Waals surface area (Å²) in [6.45, 7) is 0. The van der Waals surface area contributed by atoms with Crippen LogP contribution < -0.4 is 0 Å². The average Bonchev–Trinajstić information content (AvgIpc) is 1.00. The monoisotopic (exact) mass is 362 g/mol. The first kappa shape index (κ1) is 91600. The molecule has 0 rings (SSSR count). The predicted molar refractivity (Wildman–Crippen MR) is 34.2 cm³/mol. The van der Waals surface area contributed by atoms with Gasteiger partial charge in [-0.2, -0.15) is 0 Å². The van der Waals surface area contributed by atoms with Crippen LogP contribution in [0.3, 0.4) is 0 Å². The van der Waals surface area contributed by atoms with Gasteiger partial charge in [-0.05, 0) is 0 Å². The molecule has 2 heteroatoms. The van der Waals surface area contributed by atoms with E-state index in [2.05, 4.69) is 7.11 Å². The van der Waals surface area contributed by atoms with E-state index in [0.29, 0.717) is 0 Å². The molecule has 7 heavy (non-hydrogen) atoms. The summed E-state index contributed by atoms with van der Waals surface area (Å²) in [7, 11) is 2.25. The van der Waals surface area contributed by atoms with Gasteiger partial charge in [0, 0.05) is 0 Å². The van der Waals surface area contributed by atoms with Crippen molar-refractivity contribution in [3.63, 3.8) is 0 Å². The van der Waals surface area contributed by atoms with E-state index in [1.165, 1.54) is 0 Å². The predicted octanol–water partition coefficient (Wildman–Crippen LogP) is 2.69. The van der Waals surface area contributed by atoms with E-state index in [0.717, 1.165) is 0 Å². The average molecular weight is 362 g/mol. The number of hydrogen-bond acceptors (Lipinski definition) is 1. The normalized spacial score (nSPS) is 0.857. The Balaban J connectivity index is -0.000000000500. The Bertz CT molecular complexity index is 8.04. The number of aliphatic hydroxyl groups is 1. The summed E-state index contributed by atoms with van der Waals surface area (Å²) in [5, 5.41) is 6.75. The van der Waals surface area contributed by atoms with Gasteiger partial charge in [-0.1, -0.05) is 29.7 Å². The third-order valence-electron chi connectivity index (χ3n) is 0. The van der Waals surface area contributed by atoms with Crippen molar-refractivity contribution in [3.8, 4) is 0 Å². The van der Waals surface area contributed by atoms with Crippen molar-refractivity contribution in [1.29, 1.82) is 0 Å². The van der Waals surface area contributed by atoms with Crippen LogP contribution >= 0.6 is 0 Å². The summed E-state index contributed by atoms with van der Waals surface area (Å²) < 4.78 is 0. The van der Waals surface area contributed by atoms with Crippen molar-refractivity contribution in [3.05, 3.63) is 7.11 Å². The molecule has 0 fully saturated rings. The maximum absolute atomic E-state index is 6.75. The van der Waals surface area contributed by atoms with Crippen LogP contribution in [0.4, 0.5) is 0 Å². The van der Waals surface area contributed by atoms with Crippen molar-refractivity contribution >= 4 is 0 Å². The smallest absolute Gasteiger partial charge is 0 e. The molecule has 0 aliphatic carbocycles. The molecule has 0 aromatic heterocycles. The van der Waals surface area contributed by atoms with E-state index in [1.54, 1.807) is 0 Å². The van der Waals surface area contributed by atoms with Crippen molar-refractivity contribution in [2.24, 2.45) is 0 Å². The van der Waals surface area contributed by atoms with Gasteiger partial charge in [0.1, 0.15) is 0 Å². The molecule has 1 nitrogen and oxygen atoms in total.